The van der Waals surface area contributed by atoms with Crippen molar-refractivity contribution in [2.24, 2.45) is 0 Å². The van der Waals surface area contributed by atoms with Crippen molar-refractivity contribution >= 4 is 17.4 Å². The molecule has 2 aromatic carbocycles. The minimum atomic E-state index is -1.44. The molecule has 0 aliphatic carbocycles. The van der Waals surface area contributed by atoms with Crippen LogP contribution in [-0.2, 0) is 16.6 Å². The molecule has 2 nitrogen and oxygen atoms in total. The Hall–Kier alpha value is -2.18. The summed E-state index contributed by atoms with van der Waals surface area (Å²) in [4.78, 5) is 12.1. The van der Waals surface area contributed by atoms with Crippen LogP contribution in [0.2, 0.25) is 5.02 Å². The maximum absolute atomic E-state index is 14.0. The Bertz CT molecular complexity index is 688. The molecule has 0 saturated heterocycles. The van der Waals surface area contributed by atoms with Crippen LogP contribution in [0.4, 0.5) is 4.39 Å². The first-order chi connectivity index (χ1) is 10.0. The normalized spacial score (nSPS) is 13.2. The molecule has 106 valence electrons. The zero-order valence-electron chi connectivity index (χ0n) is 11.4. The van der Waals surface area contributed by atoms with E-state index in [2.05, 4.69) is 6.07 Å². The van der Waals surface area contributed by atoms with Crippen molar-refractivity contribution < 1.29 is 9.18 Å². The molecule has 2 aromatic rings. The quantitative estimate of drug-likeness (QED) is 0.854. The van der Waals surface area contributed by atoms with E-state index in [1.807, 2.05) is 0 Å². The lowest BCUT2D eigenvalue weighted by Gasteiger charge is -2.25. The van der Waals surface area contributed by atoms with E-state index >= 15 is 0 Å². The van der Waals surface area contributed by atoms with Gasteiger partial charge in [-0.05, 0) is 24.6 Å². The van der Waals surface area contributed by atoms with Crippen molar-refractivity contribution in [3.8, 4) is 6.07 Å². The van der Waals surface area contributed by atoms with Gasteiger partial charge in [-0.15, -0.1) is 0 Å². The average molecular weight is 302 g/mol. The molecule has 0 fully saturated rings. The summed E-state index contributed by atoms with van der Waals surface area (Å²) in [5, 5.41) is 9.82. The van der Waals surface area contributed by atoms with Crippen LogP contribution in [0.15, 0.2) is 48.5 Å². The van der Waals surface area contributed by atoms with Crippen LogP contribution in [0.25, 0.3) is 0 Å². The maximum Gasteiger partial charge on any atom is 0.154 e. The van der Waals surface area contributed by atoms with Gasteiger partial charge < -0.3 is 0 Å². The molecule has 0 spiro atoms. The predicted molar refractivity (Wildman–Crippen MR) is 79.5 cm³/mol. The van der Waals surface area contributed by atoms with E-state index in [1.165, 1.54) is 19.1 Å². The molecule has 4 heteroatoms. The van der Waals surface area contributed by atoms with E-state index in [4.69, 9.17) is 11.6 Å². The van der Waals surface area contributed by atoms with Gasteiger partial charge in [0.2, 0.25) is 0 Å². The number of nitriles is 1. The van der Waals surface area contributed by atoms with Crippen LogP contribution in [0.3, 0.4) is 0 Å². The first-order valence-electron chi connectivity index (χ1n) is 6.42. The maximum atomic E-state index is 14.0. The molecule has 0 saturated carbocycles. The van der Waals surface area contributed by atoms with E-state index in [1.54, 1.807) is 36.4 Å². The molecule has 0 aliphatic rings. The molecule has 0 N–H and O–H groups in total. The molecule has 0 aliphatic heterocycles. The Kier molecular flexibility index (Phi) is 4.40. The van der Waals surface area contributed by atoms with Crippen molar-refractivity contribution in [2.45, 2.75) is 18.8 Å². The first kappa shape index (κ1) is 15.2. The number of rotatable bonds is 4. The fourth-order valence-electron chi connectivity index (χ4n) is 2.30. The van der Waals surface area contributed by atoms with Crippen molar-refractivity contribution in [3.05, 3.63) is 70.5 Å². The van der Waals surface area contributed by atoms with Gasteiger partial charge in [-0.3, -0.25) is 4.79 Å². The predicted octanol–water partition coefficient (Wildman–Crippen LogP) is 4.07. The second kappa shape index (κ2) is 6.07. The van der Waals surface area contributed by atoms with Gasteiger partial charge in [-0.2, -0.15) is 5.26 Å². The summed E-state index contributed by atoms with van der Waals surface area (Å²) in [5.74, 6) is -0.852. The minimum absolute atomic E-state index is 0.0889. The van der Waals surface area contributed by atoms with Gasteiger partial charge in [0.1, 0.15) is 11.2 Å². The van der Waals surface area contributed by atoms with E-state index < -0.39 is 11.2 Å². The highest BCUT2D eigenvalue weighted by Crippen LogP contribution is 2.33. The van der Waals surface area contributed by atoms with E-state index in [9.17, 15) is 14.4 Å². The third-order valence-electron chi connectivity index (χ3n) is 3.56. The fraction of sp³-hybridized carbons (Fsp3) is 0.176. The highest BCUT2D eigenvalue weighted by atomic mass is 35.5. The number of ketones is 1. The molecule has 0 radical (unpaired) electrons. The summed E-state index contributed by atoms with van der Waals surface area (Å²) in [6.45, 7) is 1.34. The molecule has 21 heavy (non-hydrogen) atoms. The third kappa shape index (κ3) is 2.81. The number of halogens is 2. The fourth-order valence-corrected chi connectivity index (χ4v) is 2.53. The van der Waals surface area contributed by atoms with Crippen LogP contribution < -0.4 is 0 Å². The van der Waals surface area contributed by atoms with Crippen molar-refractivity contribution in [1.29, 1.82) is 5.26 Å². The Labute approximate surface area is 127 Å². The van der Waals surface area contributed by atoms with Gasteiger partial charge in [0.05, 0.1) is 6.07 Å². The Morgan fingerprint density at radius 1 is 1.24 bits per heavy atom. The van der Waals surface area contributed by atoms with Crippen LogP contribution in [0.5, 0.6) is 0 Å². The largest absolute Gasteiger partial charge is 0.298 e. The van der Waals surface area contributed by atoms with Gasteiger partial charge in [-0.25, -0.2) is 4.39 Å². The number of Topliss-reactive ketones (excluding diaryl/α,β-unsaturated/α-hetero) is 1. The average Bonchev–Trinajstić information content (AvgIpc) is 2.48. The number of nitrogens with zero attached hydrogens (tertiary/aromatic N) is 1. The van der Waals surface area contributed by atoms with Crippen molar-refractivity contribution in [1.82, 2.24) is 0 Å². The SMILES string of the molecule is CC(=O)C(C#N)(Cc1c(F)cccc1Cl)c1ccccc1. The zero-order chi connectivity index (χ0) is 15.5. The first-order valence-corrected chi connectivity index (χ1v) is 6.80. The molecule has 1 unspecified atom stereocenters. The Morgan fingerprint density at radius 2 is 1.90 bits per heavy atom. The van der Waals surface area contributed by atoms with Crippen molar-refractivity contribution in [2.75, 3.05) is 0 Å². The molecule has 0 heterocycles. The Morgan fingerprint density at radius 3 is 2.43 bits per heavy atom. The summed E-state index contributed by atoms with van der Waals surface area (Å²) < 4.78 is 14.0. The van der Waals surface area contributed by atoms with Gasteiger partial charge in [-0.1, -0.05) is 48.0 Å². The molecule has 0 bridgehead atoms. The second-order valence-corrected chi connectivity index (χ2v) is 5.22. The van der Waals surface area contributed by atoms with E-state index in [0.717, 1.165) is 0 Å². The molecular formula is C17H13ClFNO. The number of hydrogen-bond acceptors (Lipinski definition) is 2. The smallest absolute Gasteiger partial charge is 0.154 e. The summed E-state index contributed by atoms with van der Waals surface area (Å²) in [5.41, 5.74) is -0.716. The van der Waals surface area contributed by atoms with E-state index in [0.29, 0.717) is 5.56 Å². The van der Waals surface area contributed by atoms with Crippen LogP contribution in [-0.4, -0.2) is 5.78 Å². The second-order valence-electron chi connectivity index (χ2n) is 4.82. The Balaban J connectivity index is 2.58. The number of carbonyl (C=O) groups excluding carboxylic acids is 1. The van der Waals surface area contributed by atoms with Gasteiger partial charge in [0, 0.05) is 17.0 Å². The highest BCUT2D eigenvalue weighted by Gasteiger charge is 2.39. The standard InChI is InChI=1S/C17H13ClFNO/c1-12(21)17(11-20,13-6-3-2-4-7-13)10-14-15(18)8-5-9-16(14)19/h2-9H,10H2,1H3. The lowest BCUT2D eigenvalue weighted by atomic mass is 9.74. The number of benzene rings is 2. The van der Waals surface area contributed by atoms with Crippen LogP contribution in [0, 0.1) is 17.1 Å². The van der Waals surface area contributed by atoms with Crippen LogP contribution >= 0.6 is 11.6 Å². The highest BCUT2D eigenvalue weighted by molar-refractivity contribution is 6.31. The van der Waals surface area contributed by atoms with Gasteiger partial charge >= 0.3 is 0 Å². The van der Waals surface area contributed by atoms with E-state index in [-0.39, 0.29) is 22.8 Å². The summed E-state index contributed by atoms with van der Waals surface area (Å²) in [6.07, 6.45) is -0.0889. The summed E-state index contributed by atoms with van der Waals surface area (Å²) in [7, 11) is 0. The third-order valence-corrected chi connectivity index (χ3v) is 3.92. The monoisotopic (exact) mass is 301 g/mol. The lowest BCUT2D eigenvalue weighted by Crippen LogP contribution is -2.35. The van der Waals surface area contributed by atoms with Crippen LogP contribution in [0.1, 0.15) is 18.1 Å². The van der Waals surface area contributed by atoms with Crippen molar-refractivity contribution in [3.63, 3.8) is 0 Å². The van der Waals surface area contributed by atoms with Gasteiger partial charge in [0.25, 0.3) is 0 Å². The minimum Gasteiger partial charge on any atom is -0.298 e. The summed E-state index contributed by atoms with van der Waals surface area (Å²) in [6, 6.07) is 15.0. The molecular weight excluding hydrogens is 289 g/mol. The number of hydrogen-bond donors (Lipinski definition) is 0. The summed E-state index contributed by atoms with van der Waals surface area (Å²) >= 11 is 6.02. The molecule has 1 atom stereocenters. The lowest BCUT2D eigenvalue weighted by molar-refractivity contribution is -0.120. The number of carbonyl (C=O) groups is 1. The molecule has 0 amide bonds. The molecule has 0 aromatic heterocycles. The zero-order valence-corrected chi connectivity index (χ0v) is 12.2. The topological polar surface area (TPSA) is 40.9 Å². The van der Waals surface area contributed by atoms with Gasteiger partial charge in [0.15, 0.2) is 5.78 Å². The molecule has 2 rings (SSSR count).